The first-order chi connectivity index (χ1) is 14.2. The van der Waals surface area contributed by atoms with E-state index in [1.165, 1.54) is 18.2 Å². The Morgan fingerprint density at radius 1 is 1.27 bits per heavy atom. The Hall–Kier alpha value is -3.01. The number of hydrogen-bond donors (Lipinski definition) is 1. The van der Waals surface area contributed by atoms with Gasteiger partial charge in [-0.2, -0.15) is 13.2 Å². The Morgan fingerprint density at radius 2 is 1.90 bits per heavy atom. The second-order valence-electron chi connectivity index (χ2n) is 6.46. The minimum absolute atomic E-state index is 0.0388. The van der Waals surface area contributed by atoms with Crippen LogP contribution in [0.15, 0.2) is 48.8 Å². The van der Waals surface area contributed by atoms with Crippen LogP contribution in [-0.2, 0) is 22.3 Å². The summed E-state index contributed by atoms with van der Waals surface area (Å²) in [4.78, 5) is 20.1. The van der Waals surface area contributed by atoms with Gasteiger partial charge in [0.15, 0.2) is 5.82 Å². The molecule has 2 N–H and O–H groups in total. The number of nitrogens with zero attached hydrogens (tertiary/aromatic N) is 3. The molecule has 3 rings (SSSR count). The Morgan fingerprint density at radius 3 is 2.43 bits per heavy atom. The predicted octanol–water partition coefficient (Wildman–Crippen LogP) is 3.60. The third-order valence-corrected chi connectivity index (χ3v) is 4.17. The molecule has 1 fully saturated rings. The highest BCUT2D eigenvalue weighted by Gasteiger charge is 2.30. The highest BCUT2D eigenvalue weighted by molar-refractivity contribution is 5.87. The average Bonchev–Trinajstić information content (AvgIpc) is 3.18. The number of carbonyl (C=O) groups excluding carboxylic acids is 1. The Balaban J connectivity index is 0.000000335. The lowest BCUT2D eigenvalue weighted by Crippen LogP contribution is -2.28. The van der Waals surface area contributed by atoms with Crippen LogP contribution in [0, 0.1) is 5.82 Å². The number of nitrogen functional groups attached to an aromatic ring is 1. The number of amides is 1. The van der Waals surface area contributed by atoms with Crippen LogP contribution in [0.1, 0.15) is 24.5 Å². The zero-order chi connectivity index (χ0) is 22.1. The fourth-order valence-corrected chi connectivity index (χ4v) is 2.64. The van der Waals surface area contributed by atoms with Crippen LogP contribution in [0.25, 0.3) is 0 Å². The van der Waals surface area contributed by atoms with E-state index in [9.17, 15) is 22.4 Å². The Kier molecular flexibility index (Phi) is 8.28. The monoisotopic (exact) mass is 426 g/mol. The molecule has 1 aromatic carbocycles. The quantitative estimate of drug-likeness (QED) is 0.597. The summed E-state index contributed by atoms with van der Waals surface area (Å²) in [6, 6.07) is 4.94. The Labute approximate surface area is 171 Å². The van der Waals surface area contributed by atoms with Gasteiger partial charge < -0.3 is 15.4 Å². The largest absolute Gasteiger partial charge is 0.416 e. The molecule has 1 aliphatic rings. The van der Waals surface area contributed by atoms with Gasteiger partial charge in [-0.05, 0) is 37.1 Å². The fraction of sp³-hybridized carbons (Fsp3) is 0.350. The van der Waals surface area contributed by atoms with Gasteiger partial charge in [-0.15, -0.1) is 0 Å². The lowest BCUT2D eigenvalue weighted by molar-refractivity contribution is -0.137. The number of ether oxygens (including phenoxy) is 1. The van der Waals surface area contributed by atoms with Crippen molar-refractivity contribution in [2.75, 3.05) is 18.8 Å². The van der Waals surface area contributed by atoms with Crippen LogP contribution in [0.4, 0.5) is 23.5 Å². The van der Waals surface area contributed by atoms with E-state index in [0.717, 1.165) is 30.9 Å². The smallest absolute Gasteiger partial charge is 0.372 e. The molecule has 1 aliphatic heterocycles. The van der Waals surface area contributed by atoms with Gasteiger partial charge in [-0.3, -0.25) is 4.79 Å². The van der Waals surface area contributed by atoms with Crippen molar-refractivity contribution in [1.82, 2.24) is 14.9 Å². The van der Waals surface area contributed by atoms with Gasteiger partial charge in [-0.25, -0.2) is 14.4 Å². The van der Waals surface area contributed by atoms with Crippen molar-refractivity contribution < 1.29 is 27.1 Å². The summed E-state index contributed by atoms with van der Waals surface area (Å²) in [6.45, 7) is 3.19. The first kappa shape index (κ1) is 23.3. The summed E-state index contributed by atoms with van der Waals surface area (Å²) in [5, 5.41) is 0. The van der Waals surface area contributed by atoms with Gasteiger partial charge >= 0.3 is 6.18 Å². The van der Waals surface area contributed by atoms with E-state index >= 15 is 0 Å². The van der Waals surface area contributed by atoms with Crippen molar-refractivity contribution >= 4 is 11.9 Å². The highest BCUT2D eigenvalue weighted by Crippen LogP contribution is 2.29. The molecule has 1 atom stereocenters. The number of benzene rings is 1. The molecule has 0 spiro atoms. The van der Waals surface area contributed by atoms with Crippen molar-refractivity contribution in [2.24, 2.45) is 0 Å². The SMILES string of the molecule is C/C=C\C(=O)N1CCC(OCc2ccc(C(F)(F)F)cc2)C1.Nc1ncc(F)cn1. The van der Waals surface area contributed by atoms with Crippen LogP contribution >= 0.6 is 0 Å². The van der Waals surface area contributed by atoms with Gasteiger partial charge in [0, 0.05) is 13.1 Å². The number of rotatable bonds is 4. The minimum atomic E-state index is -4.32. The number of anilines is 1. The summed E-state index contributed by atoms with van der Waals surface area (Å²) in [7, 11) is 0. The minimum Gasteiger partial charge on any atom is -0.372 e. The van der Waals surface area contributed by atoms with Crippen LogP contribution < -0.4 is 5.73 Å². The molecule has 0 aliphatic carbocycles. The van der Waals surface area contributed by atoms with E-state index in [-0.39, 0.29) is 24.6 Å². The number of halogens is 4. The summed E-state index contributed by atoms with van der Waals surface area (Å²) >= 11 is 0. The maximum Gasteiger partial charge on any atom is 0.416 e. The third-order valence-electron chi connectivity index (χ3n) is 4.17. The molecule has 0 radical (unpaired) electrons. The third kappa shape index (κ3) is 7.43. The van der Waals surface area contributed by atoms with E-state index in [1.807, 2.05) is 0 Å². The molecule has 1 unspecified atom stereocenters. The number of hydrogen-bond acceptors (Lipinski definition) is 5. The van der Waals surface area contributed by atoms with Gasteiger partial charge in [0.05, 0.1) is 30.7 Å². The van der Waals surface area contributed by atoms with Gasteiger partial charge in [0.1, 0.15) is 0 Å². The van der Waals surface area contributed by atoms with E-state index in [2.05, 4.69) is 9.97 Å². The van der Waals surface area contributed by atoms with Gasteiger partial charge in [-0.1, -0.05) is 18.2 Å². The van der Waals surface area contributed by atoms with Crippen LogP contribution in [0.2, 0.25) is 0 Å². The fourth-order valence-electron chi connectivity index (χ4n) is 2.64. The second kappa shape index (κ2) is 10.7. The zero-order valence-electron chi connectivity index (χ0n) is 16.3. The lowest BCUT2D eigenvalue weighted by atomic mass is 10.1. The van der Waals surface area contributed by atoms with E-state index in [1.54, 1.807) is 17.9 Å². The van der Waals surface area contributed by atoms with Crippen LogP contribution in [-0.4, -0.2) is 40.0 Å². The summed E-state index contributed by atoms with van der Waals surface area (Å²) in [5.41, 5.74) is 5.06. The molecule has 2 heterocycles. The van der Waals surface area contributed by atoms with Gasteiger partial charge in [0.2, 0.25) is 11.9 Å². The summed E-state index contributed by atoms with van der Waals surface area (Å²) in [5.74, 6) is -0.422. The molecular formula is C20H22F4N4O2. The molecule has 6 nitrogen and oxygen atoms in total. The molecule has 30 heavy (non-hydrogen) atoms. The highest BCUT2D eigenvalue weighted by atomic mass is 19.4. The molecule has 1 saturated heterocycles. The summed E-state index contributed by atoms with van der Waals surface area (Å²) < 4.78 is 55.0. The molecule has 2 aromatic rings. The summed E-state index contributed by atoms with van der Waals surface area (Å²) in [6.07, 6.45) is 1.58. The van der Waals surface area contributed by atoms with Crippen LogP contribution in [0.5, 0.6) is 0 Å². The van der Waals surface area contributed by atoms with Crippen molar-refractivity contribution in [3.63, 3.8) is 0 Å². The molecule has 1 aromatic heterocycles. The number of aromatic nitrogens is 2. The van der Waals surface area contributed by atoms with E-state index < -0.39 is 17.6 Å². The van der Waals surface area contributed by atoms with E-state index in [4.69, 9.17) is 10.5 Å². The Bertz CT molecular complexity index is 818. The number of likely N-dealkylation sites (tertiary alicyclic amines) is 1. The van der Waals surface area contributed by atoms with Crippen molar-refractivity contribution in [3.05, 3.63) is 65.8 Å². The lowest BCUT2D eigenvalue weighted by Gasteiger charge is -2.15. The number of allylic oxidation sites excluding steroid dienone is 1. The molecule has 0 bridgehead atoms. The maximum atomic E-state index is 12.5. The maximum absolute atomic E-state index is 12.5. The van der Waals surface area contributed by atoms with Crippen molar-refractivity contribution in [2.45, 2.75) is 32.2 Å². The zero-order valence-corrected chi connectivity index (χ0v) is 16.3. The predicted molar refractivity (Wildman–Crippen MR) is 102 cm³/mol. The number of nitrogens with two attached hydrogens (primary N) is 1. The molecular weight excluding hydrogens is 404 g/mol. The van der Waals surface area contributed by atoms with Gasteiger partial charge in [0.25, 0.3) is 0 Å². The topological polar surface area (TPSA) is 81.3 Å². The normalized spacial score (nSPS) is 16.4. The van der Waals surface area contributed by atoms with E-state index in [0.29, 0.717) is 18.7 Å². The molecule has 1 amide bonds. The first-order valence-electron chi connectivity index (χ1n) is 9.11. The van der Waals surface area contributed by atoms with Crippen molar-refractivity contribution in [3.8, 4) is 0 Å². The first-order valence-corrected chi connectivity index (χ1v) is 9.11. The van der Waals surface area contributed by atoms with Crippen LogP contribution in [0.3, 0.4) is 0 Å². The molecule has 0 saturated carbocycles. The molecule has 10 heteroatoms. The number of alkyl halides is 3. The average molecular weight is 426 g/mol. The van der Waals surface area contributed by atoms with Crippen molar-refractivity contribution in [1.29, 1.82) is 0 Å². The second-order valence-corrected chi connectivity index (χ2v) is 6.46. The molecule has 162 valence electrons. The standard InChI is InChI=1S/C16H18F3NO2.C4H4FN3/c1-2-3-15(21)20-9-8-14(10-20)22-11-12-4-6-13(7-5-12)16(17,18)19;5-3-1-7-4(6)8-2-3/h2-7,14H,8-11H2,1H3;1-2H,(H2,6,7,8)/b3-2-;. The number of carbonyl (C=O) groups is 1.